The average molecular weight is 507 g/mol. The molecule has 2 aliphatic rings. The zero-order chi connectivity index (χ0) is 25.4. The minimum absolute atomic E-state index is 0.0510. The molecule has 3 heterocycles. The Morgan fingerprint density at radius 1 is 1.14 bits per heavy atom. The highest BCUT2D eigenvalue weighted by atomic mass is 32.2. The number of hydrogen-bond donors (Lipinski definition) is 1. The molecule has 1 aromatic heterocycles. The molecule has 0 saturated carbocycles. The van der Waals surface area contributed by atoms with Crippen LogP contribution < -0.4 is 10.2 Å². The van der Waals surface area contributed by atoms with Crippen molar-refractivity contribution in [2.45, 2.75) is 43.3 Å². The van der Waals surface area contributed by atoms with Crippen LogP contribution in [-0.2, 0) is 26.9 Å². The molecule has 5 rings (SSSR count). The summed E-state index contributed by atoms with van der Waals surface area (Å²) in [5.74, 6) is -0.0341. The standard InChI is InChI=1S/C27H27FN4O3S/c1-17(33)32-16-19-14-22(36(2)35)9-10-23(19)26(32)27(34)30-21-8-11-25(29-15-21)31-12-4-7-24(31)18-5-3-6-20(28)13-18/h3,5-6,8-11,13-15,24,26H,4,7,12,16H2,1-2H3,(H,30,34). The van der Waals surface area contributed by atoms with Gasteiger partial charge in [0.1, 0.15) is 17.7 Å². The molecule has 0 aliphatic carbocycles. The smallest absolute Gasteiger partial charge is 0.251 e. The van der Waals surface area contributed by atoms with Crippen molar-refractivity contribution in [3.63, 3.8) is 0 Å². The van der Waals surface area contributed by atoms with Crippen LogP contribution in [0.1, 0.15) is 48.5 Å². The number of benzene rings is 2. The lowest BCUT2D eigenvalue weighted by atomic mass is 10.0. The van der Waals surface area contributed by atoms with E-state index in [0.29, 0.717) is 17.1 Å². The molecular formula is C27H27FN4O3S. The van der Waals surface area contributed by atoms with Crippen LogP contribution in [0.25, 0.3) is 0 Å². The number of carbonyl (C=O) groups is 2. The molecule has 2 aromatic carbocycles. The predicted octanol–water partition coefficient (Wildman–Crippen LogP) is 4.34. The van der Waals surface area contributed by atoms with Crippen molar-refractivity contribution in [1.82, 2.24) is 9.88 Å². The third-order valence-corrected chi connectivity index (χ3v) is 7.76. The lowest BCUT2D eigenvalue weighted by Gasteiger charge is -2.26. The average Bonchev–Trinajstić information content (AvgIpc) is 3.49. The van der Waals surface area contributed by atoms with Crippen molar-refractivity contribution >= 4 is 34.1 Å². The lowest BCUT2D eigenvalue weighted by Crippen LogP contribution is -2.35. The molecule has 36 heavy (non-hydrogen) atoms. The summed E-state index contributed by atoms with van der Waals surface area (Å²) in [4.78, 5) is 34.5. The first-order chi connectivity index (χ1) is 17.3. The van der Waals surface area contributed by atoms with E-state index >= 15 is 0 Å². The number of aromatic nitrogens is 1. The van der Waals surface area contributed by atoms with Crippen molar-refractivity contribution in [3.05, 3.63) is 83.3 Å². The van der Waals surface area contributed by atoms with Gasteiger partial charge in [-0.3, -0.25) is 13.8 Å². The normalized spacial score (nSPS) is 19.8. The van der Waals surface area contributed by atoms with Gasteiger partial charge in [0.2, 0.25) is 5.91 Å². The second kappa shape index (κ2) is 9.81. The van der Waals surface area contributed by atoms with E-state index in [0.717, 1.165) is 41.9 Å². The summed E-state index contributed by atoms with van der Waals surface area (Å²) in [7, 11) is -1.15. The quantitative estimate of drug-likeness (QED) is 0.557. The number of hydrogen-bond acceptors (Lipinski definition) is 5. The summed E-state index contributed by atoms with van der Waals surface area (Å²) in [6.45, 7) is 2.55. The Balaban J connectivity index is 1.34. The van der Waals surface area contributed by atoms with Crippen LogP contribution in [0.4, 0.5) is 15.9 Å². The Labute approximate surface area is 211 Å². The van der Waals surface area contributed by atoms with Gasteiger partial charge in [0.15, 0.2) is 0 Å². The topological polar surface area (TPSA) is 82.6 Å². The van der Waals surface area contributed by atoms with E-state index in [1.165, 1.54) is 17.9 Å². The number of carbonyl (C=O) groups excluding carboxylic acids is 2. The molecule has 1 N–H and O–H groups in total. The van der Waals surface area contributed by atoms with Gasteiger partial charge in [0.25, 0.3) is 5.91 Å². The first-order valence-electron chi connectivity index (χ1n) is 11.8. The Morgan fingerprint density at radius 2 is 1.97 bits per heavy atom. The predicted molar refractivity (Wildman–Crippen MR) is 136 cm³/mol. The van der Waals surface area contributed by atoms with E-state index in [2.05, 4.69) is 15.2 Å². The van der Waals surface area contributed by atoms with Gasteiger partial charge in [-0.25, -0.2) is 9.37 Å². The van der Waals surface area contributed by atoms with Gasteiger partial charge in [-0.05, 0) is 65.9 Å². The minimum Gasteiger partial charge on any atom is -0.350 e. The van der Waals surface area contributed by atoms with Gasteiger partial charge in [-0.15, -0.1) is 0 Å². The largest absolute Gasteiger partial charge is 0.350 e. The van der Waals surface area contributed by atoms with E-state index in [9.17, 15) is 18.2 Å². The fourth-order valence-electron chi connectivity index (χ4n) is 5.13. The first kappa shape index (κ1) is 24.1. The third kappa shape index (κ3) is 4.63. The van der Waals surface area contributed by atoms with Crippen molar-refractivity contribution in [2.24, 2.45) is 0 Å². The molecule has 9 heteroatoms. The Bertz CT molecular complexity index is 1350. The molecule has 0 spiro atoms. The minimum atomic E-state index is -1.15. The van der Waals surface area contributed by atoms with Gasteiger partial charge >= 0.3 is 0 Å². The second-order valence-corrected chi connectivity index (χ2v) is 10.5. The molecule has 1 fully saturated rings. The molecule has 1 saturated heterocycles. The zero-order valence-electron chi connectivity index (χ0n) is 20.1. The van der Waals surface area contributed by atoms with Crippen LogP contribution >= 0.6 is 0 Å². The number of anilines is 2. The molecule has 2 amide bonds. The number of fused-ring (bicyclic) bond motifs is 1. The van der Waals surface area contributed by atoms with Gasteiger partial charge < -0.3 is 15.1 Å². The van der Waals surface area contributed by atoms with Crippen LogP contribution in [-0.4, -0.2) is 38.7 Å². The number of pyridine rings is 1. The monoisotopic (exact) mass is 506 g/mol. The van der Waals surface area contributed by atoms with Gasteiger partial charge in [0.05, 0.1) is 17.9 Å². The number of rotatable bonds is 5. The maximum absolute atomic E-state index is 13.8. The van der Waals surface area contributed by atoms with E-state index in [1.807, 2.05) is 12.1 Å². The number of halogens is 1. The maximum atomic E-state index is 13.8. The van der Waals surface area contributed by atoms with Gasteiger partial charge in [-0.2, -0.15) is 0 Å². The molecule has 3 atom stereocenters. The fraction of sp³-hybridized carbons (Fsp3) is 0.296. The molecule has 186 valence electrons. The summed E-state index contributed by atoms with van der Waals surface area (Å²) in [6, 6.07) is 14.9. The summed E-state index contributed by atoms with van der Waals surface area (Å²) in [6.07, 6.45) is 5.10. The zero-order valence-corrected chi connectivity index (χ0v) is 20.9. The highest BCUT2D eigenvalue weighted by molar-refractivity contribution is 7.84. The molecule has 3 aromatic rings. The van der Waals surface area contributed by atoms with Crippen molar-refractivity contribution in [2.75, 3.05) is 23.0 Å². The van der Waals surface area contributed by atoms with Gasteiger partial charge in [0, 0.05) is 42.0 Å². The van der Waals surface area contributed by atoms with Crippen LogP contribution in [0.15, 0.2) is 65.7 Å². The van der Waals surface area contributed by atoms with E-state index in [-0.39, 0.29) is 23.7 Å². The molecule has 0 radical (unpaired) electrons. The number of nitrogens with zero attached hydrogens (tertiary/aromatic N) is 3. The Hall–Kier alpha value is -3.59. The number of nitrogens with one attached hydrogen (secondary N) is 1. The first-order valence-corrected chi connectivity index (χ1v) is 13.4. The SMILES string of the molecule is CC(=O)N1Cc2cc(S(C)=O)ccc2C1C(=O)Nc1ccc(N2CCCC2c2cccc(F)c2)nc1. The van der Waals surface area contributed by atoms with Crippen molar-refractivity contribution in [3.8, 4) is 0 Å². The summed E-state index contributed by atoms with van der Waals surface area (Å²) in [5, 5.41) is 2.89. The lowest BCUT2D eigenvalue weighted by molar-refractivity contribution is -0.136. The number of amides is 2. The van der Waals surface area contributed by atoms with Gasteiger partial charge in [-0.1, -0.05) is 18.2 Å². The highest BCUT2D eigenvalue weighted by Gasteiger charge is 2.37. The summed E-state index contributed by atoms with van der Waals surface area (Å²) >= 11 is 0. The second-order valence-electron chi connectivity index (χ2n) is 9.16. The third-order valence-electron chi connectivity index (χ3n) is 6.84. The molecule has 0 bridgehead atoms. The molecule has 2 aliphatic heterocycles. The van der Waals surface area contributed by atoms with Crippen LogP contribution in [0.5, 0.6) is 0 Å². The van der Waals surface area contributed by atoms with Crippen LogP contribution in [0.2, 0.25) is 0 Å². The van der Waals surface area contributed by atoms with Crippen molar-refractivity contribution in [1.29, 1.82) is 0 Å². The summed E-state index contributed by atoms with van der Waals surface area (Å²) < 4.78 is 25.6. The molecule has 7 nitrogen and oxygen atoms in total. The maximum Gasteiger partial charge on any atom is 0.251 e. The molecule has 3 unspecified atom stereocenters. The van der Waals surface area contributed by atoms with Crippen molar-refractivity contribution < 1.29 is 18.2 Å². The Morgan fingerprint density at radius 3 is 2.67 bits per heavy atom. The van der Waals surface area contributed by atoms with E-state index in [1.54, 1.807) is 48.9 Å². The Kier molecular flexibility index (Phi) is 6.57. The molecular weight excluding hydrogens is 479 g/mol. The summed E-state index contributed by atoms with van der Waals surface area (Å²) in [5.41, 5.74) is 3.00. The van der Waals surface area contributed by atoms with Crippen LogP contribution in [0, 0.1) is 5.82 Å². The highest BCUT2D eigenvalue weighted by Crippen LogP contribution is 2.37. The fourth-order valence-corrected chi connectivity index (χ4v) is 5.69. The van der Waals surface area contributed by atoms with Crippen LogP contribution in [0.3, 0.4) is 0 Å². The van der Waals surface area contributed by atoms with E-state index in [4.69, 9.17) is 0 Å². The van der Waals surface area contributed by atoms with E-state index < -0.39 is 16.8 Å².